The second kappa shape index (κ2) is 7.21. The molecule has 1 heterocycles. The molecule has 0 bridgehead atoms. The van der Waals surface area contributed by atoms with Crippen LogP contribution in [-0.2, 0) is 9.53 Å². The van der Waals surface area contributed by atoms with Crippen LogP contribution in [0.15, 0.2) is 24.3 Å². The highest BCUT2D eigenvalue weighted by Crippen LogP contribution is 2.16. The number of amides is 1. The largest absolute Gasteiger partial charge is 0.378 e. The summed E-state index contributed by atoms with van der Waals surface area (Å²) in [5.41, 5.74) is 1.30. The van der Waals surface area contributed by atoms with Crippen LogP contribution in [0.3, 0.4) is 0 Å². The Morgan fingerprint density at radius 2 is 2.24 bits per heavy atom. The van der Waals surface area contributed by atoms with Crippen molar-refractivity contribution in [3.05, 3.63) is 29.8 Å². The third-order valence-electron chi connectivity index (χ3n) is 3.90. The fourth-order valence-corrected chi connectivity index (χ4v) is 2.56. The van der Waals surface area contributed by atoms with Crippen LogP contribution in [-0.4, -0.2) is 42.6 Å². The molecule has 1 saturated heterocycles. The number of hydrogen-bond donors (Lipinski definition) is 1. The van der Waals surface area contributed by atoms with Crippen LogP contribution in [0.2, 0.25) is 0 Å². The third kappa shape index (κ3) is 3.81. The SMILES string of the molecule is CCC1COCCN1C(C)C(=O)Nc1ccc(C#N)cc1. The second-order valence-electron chi connectivity index (χ2n) is 5.23. The number of rotatable bonds is 4. The maximum absolute atomic E-state index is 12.4. The van der Waals surface area contributed by atoms with E-state index in [1.807, 2.05) is 6.92 Å². The van der Waals surface area contributed by atoms with Crippen LogP contribution in [0.5, 0.6) is 0 Å². The van der Waals surface area contributed by atoms with E-state index in [4.69, 9.17) is 10.00 Å². The number of nitriles is 1. The Kier molecular flexibility index (Phi) is 5.32. The summed E-state index contributed by atoms with van der Waals surface area (Å²) in [5, 5.41) is 11.7. The van der Waals surface area contributed by atoms with Crippen molar-refractivity contribution in [3.63, 3.8) is 0 Å². The van der Waals surface area contributed by atoms with Gasteiger partial charge in [0, 0.05) is 18.3 Å². The molecule has 1 N–H and O–H groups in total. The Hall–Kier alpha value is -1.90. The molecule has 0 radical (unpaired) electrons. The maximum Gasteiger partial charge on any atom is 0.241 e. The van der Waals surface area contributed by atoms with E-state index in [0.717, 1.165) is 13.0 Å². The first kappa shape index (κ1) is 15.5. The molecule has 2 unspecified atom stereocenters. The summed E-state index contributed by atoms with van der Waals surface area (Å²) in [6, 6.07) is 9.05. The molecule has 2 atom stereocenters. The van der Waals surface area contributed by atoms with Crippen molar-refractivity contribution < 1.29 is 9.53 Å². The van der Waals surface area contributed by atoms with E-state index in [-0.39, 0.29) is 11.9 Å². The minimum atomic E-state index is -0.200. The zero-order valence-corrected chi connectivity index (χ0v) is 12.5. The fourth-order valence-electron chi connectivity index (χ4n) is 2.56. The molecule has 1 aliphatic rings. The maximum atomic E-state index is 12.4. The van der Waals surface area contributed by atoms with Gasteiger partial charge >= 0.3 is 0 Å². The van der Waals surface area contributed by atoms with E-state index in [0.29, 0.717) is 30.5 Å². The predicted molar refractivity (Wildman–Crippen MR) is 80.9 cm³/mol. The standard InChI is InChI=1S/C16H21N3O2/c1-3-15-11-21-9-8-19(15)12(2)16(20)18-14-6-4-13(10-17)5-7-14/h4-7,12,15H,3,8-9,11H2,1-2H3,(H,18,20). The van der Waals surface area contributed by atoms with Gasteiger partial charge in [-0.2, -0.15) is 5.26 Å². The smallest absolute Gasteiger partial charge is 0.241 e. The van der Waals surface area contributed by atoms with Gasteiger partial charge in [-0.05, 0) is 37.6 Å². The number of ether oxygens (including phenoxy) is 1. The van der Waals surface area contributed by atoms with Gasteiger partial charge in [0.05, 0.1) is 30.9 Å². The molecule has 2 rings (SSSR count). The Bertz CT molecular complexity index is 521. The summed E-state index contributed by atoms with van der Waals surface area (Å²) in [7, 11) is 0. The van der Waals surface area contributed by atoms with Gasteiger partial charge in [0.25, 0.3) is 0 Å². The lowest BCUT2D eigenvalue weighted by atomic mass is 10.1. The molecule has 1 aliphatic heterocycles. The minimum absolute atomic E-state index is 0.0277. The average Bonchev–Trinajstić information content (AvgIpc) is 2.54. The molecule has 0 saturated carbocycles. The summed E-state index contributed by atoms with van der Waals surface area (Å²) in [6.07, 6.45) is 0.967. The van der Waals surface area contributed by atoms with E-state index in [9.17, 15) is 4.79 Å². The van der Waals surface area contributed by atoms with Crippen molar-refractivity contribution in [1.82, 2.24) is 4.90 Å². The zero-order chi connectivity index (χ0) is 15.2. The summed E-state index contributed by atoms with van der Waals surface area (Å²) >= 11 is 0. The fraction of sp³-hybridized carbons (Fsp3) is 0.500. The van der Waals surface area contributed by atoms with E-state index in [1.165, 1.54) is 0 Å². The van der Waals surface area contributed by atoms with E-state index in [2.05, 4.69) is 23.2 Å². The lowest BCUT2D eigenvalue weighted by Crippen LogP contribution is -2.53. The molecule has 5 heteroatoms. The molecule has 0 spiro atoms. The minimum Gasteiger partial charge on any atom is -0.378 e. The number of hydrogen-bond acceptors (Lipinski definition) is 4. The van der Waals surface area contributed by atoms with Crippen LogP contribution in [0, 0.1) is 11.3 Å². The first-order chi connectivity index (χ1) is 10.2. The van der Waals surface area contributed by atoms with Crippen molar-refractivity contribution >= 4 is 11.6 Å². The van der Waals surface area contributed by atoms with Gasteiger partial charge in [0.1, 0.15) is 0 Å². The number of anilines is 1. The van der Waals surface area contributed by atoms with Gasteiger partial charge in [-0.3, -0.25) is 9.69 Å². The van der Waals surface area contributed by atoms with Gasteiger partial charge in [-0.25, -0.2) is 0 Å². The lowest BCUT2D eigenvalue weighted by molar-refractivity contribution is -0.124. The first-order valence-electron chi connectivity index (χ1n) is 7.30. The average molecular weight is 287 g/mol. The molecule has 0 aliphatic carbocycles. The summed E-state index contributed by atoms with van der Waals surface area (Å²) in [6.45, 7) is 6.17. The highest BCUT2D eigenvalue weighted by molar-refractivity contribution is 5.94. The molecule has 1 aromatic rings. The van der Waals surface area contributed by atoms with Gasteiger partial charge in [-0.1, -0.05) is 6.92 Å². The third-order valence-corrected chi connectivity index (χ3v) is 3.90. The normalized spacial score (nSPS) is 20.5. The molecule has 1 aromatic carbocycles. The Labute approximate surface area is 125 Å². The van der Waals surface area contributed by atoms with E-state index in [1.54, 1.807) is 24.3 Å². The number of nitrogens with zero attached hydrogens (tertiary/aromatic N) is 2. The quantitative estimate of drug-likeness (QED) is 0.920. The molecule has 112 valence electrons. The predicted octanol–water partition coefficient (Wildman–Crippen LogP) is 2.00. The van der Waals surface area contributed by atoms with Gasteiger partial charge in [0.2, 0.25) is 5.91 Å². The molecule has 1 amide bonds. The summed E-state index contributed by atoms with van der Waals surface area (Å²) < 4.78 is 5.47. The molecular weight excluding hydrogens is 266 g/mol. The number of nitrogens with one attached hydrogen (secondary N) is 1. The van der Waals surface area contributed by atoms with Crippen LogP contribution < -0.4 is 5.32 Å². The zero-order valence-electron chi connectivity index (χ0n) is 12.5. The molecule has 1 fully saturated rings. The first-order valence-corrected chi connectivity index (χ1v) is 7.30. The van der Waals surface area contributed by atoms with Gasteiger partial charge < -0.3 is 10.1 Å². The highest BCUT2D eigenvalue weighted by atomic mass is 16.5. The van der Waals surface area contributed by atoms with Gasteiger partial charge in [0.15, 0.2) is 0 Å². The molecule has 21 heavy (non-hydrogen) atoms. The van der Waals surface area contributed by atoms with Crippen LogP contribution in [0.25, 0.3) is 0 Å². The van der Waals surface area contributed by atoms with Crippen molar-refractivity contribution in [1.29, 1.82) is 5.26 Å². The van der Waals surface area contributed by atoms with Crippen molar-refractivity contribution in [2.24, 2.45) is 0 Å². The van der Waals surface area contributed by atoms with E-state index < -0.39 is 0 Å². The van der Waals surface area contributed by atoms with Crippen molar-refractivity contribution in [2.75, 3.05) is 25.1 Å². The van der Waals surface area contributed by atoms with Crippen LogP contribution in [0.4, 0.5) is 5.69 Å². The van der Waals surface area contributed by atoms with Crippen LogP contribution >= 0.6 is 0 Å². The molecule has 5 nitrogen and oxygen atoms in total. The number of carbonyl (C=O) groups is 1. The molecular formula is C16H21N3O2. The van der Waals surface area contributed by atoms with E-state index >= 15 is 0 Å². The summed E-state index contributed by atoms with van der Waals surface area (Å²) in [5.74, 6) is -0.0277. The van der Waals surface area contributed by atoms with Crippen molar-refractivity contribution in [3.8, 4) is 6.07 Å². The summed E-state index contributed by atoms with van der Waals surface area (Å²) in [4.78, 5) is 14.6. The molecule has 0 aromatic heterocycles. The van der Waals surface area contributed by atoms with Crippen LogP contribution in [0.1, 0.15) is 25.8 Å². The Morgan fingerprint density at radius 1 is 1.52 bits per heavy atom. The monoisotopic (exact) mass is 287 g/mol. The highest BCUT2D eigenvalue weighted by Gasteiger charge is 2.29. The van der Waals surface area contributed by atoms with Crippen molar-refractivity contribution in [2.45, 2.75) is 32.4 Å². The second-order valence-corrected chi connectivity index (χ2v) is 5.23. The number of morpholine rings is 1. The number of benzene rings is 1. The lowest BCUT2D eigenvalue weighted by Gasteiger charge is -2.38. The Morgan fingerprint density at radius 3 is 2.86 bits per heavy atom. The number of carbonyl (C=O) groups excluding carboxylic acids is 1. The van der Waals surface area contributed by atoms with Gasteiger partial charge in [-0.15, -0.1) is 0 Å². The Balaban J connectivity index is 1.99. The topological polar surface area (TPSA) is 65.4 Å².